The number of nitrogens with one attached hydrogen (secondary N) is 2. The van der Waals surface area contributed by atoms with Crippen molar-refractivity contribution in [3.05, 3.63) is 27.2 Å². The predicted octanol–water partition coefficient (Wildman–Crippen LogP) is 4.36. The second kappa shape index (κ2) is 7.83. The van der Waals surface area contributed by atoms with E-state index in [9.17, 15) is 4.79 Å². The summed E-state index contributed by atoms with van der Waals surface area (Å²) in [5, 5.41) is 7.10. The van der Waals surface area contributed by atoms with E-state index < -0.39 is 0 Å². The molecule has 0 fully saturated rings. The Bertz CT molecular complexity index is 448. The van der Waals surface area contributed by atoms with Gasteiger partial charge in [-0.25, -0.2) is 0 Å². The fourth-order valence-corrected chi connectivity index (χ4v) is 2.22. The summed E-state index contributed by atoms with van der Waals surface area (Å²) in [5.41, 5.74) is 0.593. The van der Waals surface area contributed by atoms with Crippen LogP contribution in [0.4, 0.5) is 5.69 Å². The van der Waals surface area contributed by atoms with Crippen molar-refractivity contribution in [2.45, 2.75) is 32.7 Å². The van der Waals surface area contributed by atoms with Crippen LogP contribution < -0.4 is 10.6 Å². The molecule has 6 heteroatoms. The molecule has 19 heavy (non-hydrogen) atoms. The Hall–Kier alpha value is -0.640. The minimum Gasteiger partial charge on any atom is -0.375 e. The molecule has 1 rings (SSSR count). The van der Waals surface area contributed by atoms with Crippen molar-refractivity contribution in [1.82, 2.24) is 5.32 Å². The number of carbonyl (C=O) groups excluding carboxylic acids is 1. The van der Waals surface area contributed by atoms with Crippen molar-refractivity contribution in [3.63, 3.8) is 0 Å². The Labute approximate surface area is 128 Å². The van der Waals surface area contributed by atoms with Gasteiger partial charge < -0.3 is 10.6 Å². The van der Waals surface area contributed by atoms with Gasteiger partial charge in [0.25, 0.3) is 0 Å². The maximum absolute atomic E-state index is 11.7. The zero-order valence-corrected chi connectivity index (χ0v) is 13.2. The monoisotopic (exact) mass is 322 g/mol. The second-order valence-corrected chi connectivity index (χ2v) is 5.40. The van der Waals surface area contributed by atoms with Gasteiger partial charge in [0.05, 0.1) is 27.3 Å². The van der Waals surface area contributed by atoms with E-state index in [2.05, 4.69) is 10.6 Å². The van der Waals surface area contributed by atoms with Crippen LogP contribution in [0.5, 0.6) is 0 Å². The zero-order valence-electron chi connectivity index (χ0n) is 10.9. The van der Waals surface area contributed by atoms with Gasteiger partial charge in [0.1, 0.15) is 0 Å². The number of halogens is 3. The summed E-state index contributed by atoms with van der Waals surface area (Å²) in [5.74, 6) is -0.0733. The third kappa shape index (κ3) is 5.09. The molecule has 3 nitrogen and oxygen atoms in total. The molecule has 1 aromatic carbocycles. The van der Waals surface area contributed by atoms with E-state index in [0.29, 0.717) is 20.8 Å². The Kier molecular flexibility index (Phi) is 6.76. The van der Waals surface area contributed by atoms with Gasteiger partial charge in [0.2, 0.25) is 5.91 Å². The van der Waals surface area contributed by atoms with Crippen molar-refractivity contribution < 1.29 is 4.79 Å². The Balaban J connectivity index is 2.57. The summed E-state index contributed by atoms with van der Waals surface area (Å²) in [4.78, 5) is 11.7. The van der Waals surface area contributed by atoms with Crippen LogP contribution in [0.2, 0.25) is 15.1 Å². The van der Waals surface area contributed by atoms with Crippen LogP contribution in [0.3, 0.4) is 0 Å². The Morgan fingerprint density at radius 3 is 2.26 bits per heavy atom. The average molecular weight is 324 g/mol. The highest BCUT2D eigenvalue weighted by molar-refractivity contribution is 6.44. The zero-order chi connectivity index (χ0) is 14.4. The molecule has 0 unspecified atom stereocenters. The number of hydrogen-bond donors (Lipinski definition) is 2. The quantitative estimate of drug-likeness (QED) is 0.764. The first-order valence-corrected chi connectivity index (χ1v) is 7.29. The molecular formula is C13H17Cl3N2O. The summed E-state index contributed by atoms with van der Waals surface area (Å²) in [7, 11) is 0. The van der Waals surface area contributed by atoms with Crippen LogP contribution in [-0.4, -0.2) is 18.5 Å². The molecule has 0 aliphatic heterocycles. The van der Waals surface area contributed by atoms with Crippen molar-refractivity contribution in [2.24, 2.45) is 0 Å². The summed E-state index contributed by atoms with van der Waals surface area (Å²) in [6.45, 7) is 4.23. The van der Waals surface area contributed by atoms with Crippen LogP contribution in [0.25, 0.3) is 0 Å². The molecule has 0 aromatic heterocycles. The molecule has 106 valence electrons. The standard InChI is InChI=1S/C13H17Cl3N2O/c1-3-8(4-2)18-13(19)7-17-12-6-10(15)9(14)5-11(12)16/h5-6,8,17H,3-4,7H2,1-2H3,(H,18,19). The van der Waals surface area contributed by atoms with Crippen LogP contribution in [0.1, 0.15) is 26.7 Å². The SMILES string of the molecule is CCC(CC)NC(=O)CNc1cc(Cl)c(Cl)cc1Cl. The third-order valence-electron chi connectivity index (χ3n) is 2.80. The topological polar surface area (TPSA) is 41.1 Å². The number of benzene rings is 1. The van der Waals surface area contributed by atoms with Crippen molar-refractivity contribution in [2.75, 3.05) is 11.9 Å². The summed E-state index contributed by atoms with van der Waals surface area (Å²) < 4.78 is 0. The highest BCUT2D eigenvalue weighted by atomic mass is 35.5. The van der Waals surface area contributed by atoms with Crippen LogP contribution in [-0.2, 0) is 4.79 Å². The minimum absolute atomic E-state index is 0.0733. The lowest BCUT2D eigenvalue weighted by Gasteiger charge is -2.15. The number of hydrogen-bond acceptors (Lipinski definition) is 2. The Morgan fingerprint density at radius 1 is 1.11 bits per heavy atom. The lowest BCUT2D eigenvalue weighted by Crippen LogP contribution is -2.37. The van der Waals surface area contributed by atoms with Crippen molar-refractivity contribution in [3.8, 4) is 0 Å². The first kappa shape index (κ1) is 16.4. The predicted molar refractivity (Wildman–Crippen MR) is 82.5 cm³/mol. The van der Waals surface area contributed by atoms with Gasteiger partial charge in [-0.3, -0.25) is 4.79 Å². The molecule has 1 amide bonds. The fraction of sp³-hybridized carbons (Fsp3) is 0.462. The Morgan fingerprint density at radius 2 is 1.68 bits per heavy atom. The van der Waals surface area contributed by atoms with E-state index in [-0.39, 0.29) is 18.5 Å². The van der Waals surface area contributed by atoms with Gasteiger partial charge >= 0.3 is 0 Å². The highest BCUT2D eigenvalue weighted by Crippen LogP contribution is 2.31. The van der Waals surface area contributed by atoms with Gasteiger partial charge in [-0.05, 0) is 25.0 Å². The normalized spacial score (nSPS) is 10.6. The molecule has 1 aromatic rings. The molecule has 0 aliphatic carbocycles. The molecule has 0 bridgehead atoms. The lowest BCUT2D eigenvalue weighted by atomic mass is 10.2. The van der Waals surface area contributed by atoms with Crippen molar-refractivity contribution >= 4 is 46.4 Å². The number of anilines is 1. The largest absolute Gasteiger partial charge is 0.375 e. The number of rotatable bonds is 6. The summed E-state index contributed by atoms with van der Waals surface area (Å²) in [6.07, 6.45) is 1.82. The third-order valence-corrected chi connectivity index (χ3v) is 3.83. The van der Waals surface area contributed by atoms with Crippen LogP contribution in [0, 0.1) is 0 Å². The van der Waals surface area contributed by atoms with Gasteiger partial charge in [-0.2, -0.15) is 0 Å². The lowest BCUT2D eigenvalue weighted by molar-refractivity contribution is -0.120. The molecule has 0 saturated heterocycles. The average Bonchev–Trinajstić information content (AvgIpc) is 2.38. The van der Waals surface area contributed by atoms with Crippen LogP contribution in [0.15, 0.2) is 12.1 Å². The first-order chi connectivity index (χ1) is 8.97. The van der Waals surface area contributed by atoms with Gasteiger partial charge in [-0.15, -0.1) is 0 Å². The number of carbonyl (C=O) groups is 1. The van der Waals surface area contributed by atoms with E-state index in [0.717, 1.165) is 12.8 Å². The highest BCUT2D eigenvalue weighted by Gasteiger charge is 2.10. The fourth-order valence-electron chi connectivity index (χ4n) is 1.61. The minimum atomic E-state index is -0.0733. The summed E-state index contributed by atoms with van der Waals surface area (Å²) >= 11 is 17.7. The van der Waals surface area contributed by atoms with Gasteiger partial charge in [0.15, 0.2) is 0 Å². The van der Waals surface area contributed by atoms with Gasteiger partial charge in [-0.1, -0.05) is 48.7 Å². The van der Waals surface area contributed by atoms with E-state index in [1.54, 1.807) is 12.1 Å². The maximum atomic E-state index is 11.7. The van der Waals surface area contributed by atoms with E-state index >= 15 is 0 Å². The number of amides is 1. The molecule has 0 radical (unpaired) electrons. The molecule has 0 aliphatic rings. The second-order valence-electron chi connectivity index (χ2n) is 4.18. The van der Waals surface area contributed by atoms with Crippen molar-refractivity contribution in [1.29, 1.82) is 0 Å². The smallest absolute Gasteiger partial charge is 0.239 e. The molecular weight excluding hydrogens is 307 g/mol. The van der Waals surface area contributed by atoms with E-state index in [1.165, 1.54) is 0 Å². The molecule has 0 heterocycles. The first-order valence-electron chi connectivity index (χ1n) is 6.15. The van der Waals surface area contributed by atoms with E-state index in [1.807, 2.05) is 13.8 Å². The molecule has 0 saturated carbocycles. The molecule has 2 N–H and O–H groups in total. The summed E-state index contributed by atoms with van der Waals surface area (Å²) in [6, 6.07) is 3.36. The van der Waals surface area contributed by atoms with Crippen LogP contribution >= 0.6 is 34.8 Å². The molecule has 0 atom stereocenters. The van der Waals surface area contributed by atoms with Gasteiger partial charge in [0, 0.05) is 6.04 Å². The molecule has 0 spiro atoms. The maximum Gasteiger partial charge on any atom is 0.239 e. The van der Waals surface area contributed by atoms with E-state index in [4.69, 9.17) is 34.8 Å².